The SMILES string of the molecule is C#CCCCN1CCc2cccc(N)c2C1. The van der Waals surface area contributed by atoms with Crippen LogP contribution in [0, 0.1) is 12.3 Å². The monoisotopic (exact) mass is 214 g/mol. The van der Waals surface area contributed by atoms with Gasteiger partial charge in [0.15, 0.2) is 0 Å². The van der Waals surface area contributed by atoms with Crippen LogP contribution in [0.3, 0.4) is 0 Å². The topological polar surface area (TPSA) is 29.3 Å². The van der Waals surface area contributed by atoms with Crippen LogP contribution in [-0.2, 0) is 13.0 Å². The summed E-state index contributed by atoms with van der Waals surface area (Å²) in [6.07, 6.45) is 8.31. The van der Waals surface area contributed by atoms with Crippen molar-refractivity contribution in [3.8, 4) is 12.3 Å². The highest BCUT2D eigenvalue weighted by atomic mass is 15.1. The highest BCUT2D eigenvalue weighted by Crippen LogP contribution is 2.24. The summed E-state index contributed by atoms with van der Waals surface area (Å²) in [4.78, 5) is 2.44. The molecule has 0 spiro atoms. The van der Waals surface area contributed by atoms with Crippen LogP contribution in [0.15, 0.2) is 18.2 Å². The van der Waals surface area contributed by atoms with Crippen molar-refractivity contribution in [3.05, 3.63) is 29.3 Å². The van der Waals surface area contributed by atoms with Gasteiger partial charge < -0.3 is 5.73 Å². The Bertz CT molecular complexity index is 404. The van der Waals surface area contributed by atoms with Crippen molar-refractivity contribution in [2.75, 3.05) is 18.8 Å². The highest BCUT2D eigenvalue weighted by Gasteiger charge is 2.16. The van der Waals surface area contributed by atoms with Gasteiger partial charge in [0.1, 0.15) is 0 Å². The molecule has 0 saturated heterocycles. The fourth-order valence-electron chi connectivity index (χ4n) is 2.26. The van der Waals surface area contributed by atoms with E-state index in [0.29, 0.717) is 0 Å². The van der Waals surface area contributed by atoms with Crippen molar-refractivity contribution >= 4 is 5.69 Å². The number of terminal acetylenes is 1. The number of unbranched alkanes of at least 4 members (excludes halogenated alkanes) is 1. The van der Waals surface area contributed by atoms with Crippen LogP contribution in [0.2, 0.25) is 0 Å². The third kappa shape index (κ3) is 2.37. The molecule has 0 aliphatic carbocycles. The minimum Gasteiger partial charge on any atom is -0.398 e. The number of hydrogen-bond donors (Lipinski definition) is 1. The molecule has 0 aromatic heterocycles. The van der Waals surface area contributed by atoms with Crippen LogP contribution in [0.25, 0.3) is 0 Å². The van der Waals surface area contributed by atoms with Gasteiger partial charge in [0.2, 0.25) is 0 Å². The number of rotatable bonds is 3. The first-order valence-electron chi connectivity index (χ1n) is 5.83. The Balaban J connectivity index is 2.00. The van der Waals surface area contributed by atoms with E-state index in [9.17, 15) is 0 Å². The number of nitrogens with zero attached hydrogens (tertiary/aromatic N) is 1. The molecule has 2 heteroatoms. The summed E-state index contributed by atoms with van der Waals surface area (Å²) in [6, 6.07) is 6.22. The molecule has 0 atom stereocenters. The Morgan fingerprint density at radius 1 is 1.44 bits per heavy atom. The Labute approximate surface area is 97.4 Å². The van der Waals surface area contributed by atoms with E-state index in [1.54, 1.807) is 0 Å². The summed E-state index contributed by atoms with van der Waals surface area (Å²) in [5, 5.41) is 0. The molecule has 2 N–H and O–H groups in total. The molecule has 1 aromatic rings. The number of anilines is 1. The molecule has 16 heavy (non-hydrogen) atoms. The maximum Gasteiger partial charge on any atom is 0.0362 e. The van der Waals surface area contributed by atoms with Gasteiger partial charge in [0.25, 0.3) is 0 Å². The van der Waals surface area contributed by atoms with Gasteiger partial charge in [-0.05, 0) is 36.6 Å². The number of fused-ring (bicyclic) bond motifs is 1. The fourth-order valence-corrected chi connectivity index (χ4v) is 2.26. The van der Waals surface area contributed by atoms with Crippen molar-refractivity contribution in [1.82, 2.24) is 4.90 Å². The molecular formula is C14H18N2. The van der Waals surface area contributed by atoms with Gasteiger partial charge in [0, 0.05) is 25.2 Å². The summed E-state index contributed by atoms with van der Waals surface area (Å²) in [6.45, 7) is 3.19. The molecule has 2 rings (SSSR count). The van der Waals surface area contributed by atoms with Gasteiger partial charge in [-0.3, -0.25) is 4.90 Å². The van der Waals surface area contributed by atoms with Crippen LogP contribution in [0.1, 0.15) is 24.0 Å². The van der Waals surface area contributed by atoms with E-state index in [0.717, 1.165) is 44.6 Å². The summed E-state index contributed by atoms with van der Waals surface area (Å²) >= 11 is 0. The molecule has 1 aliphatic rings. The van der Waals surface area contributed by atoms with Gasteiger partial charge >= 0.3 is 0 Å². The molecule has 2 nitrogen and oxygen atoms in total. The van der Waals surface area contributed by atoms with Crippen molar-refractivity contribution in [1.29, 1.82) is 0 Å². The Morgan fingerprint density at radius 2 is 2.31 bits per heavy atom. The molecule has 1 heterocycles. The zero-order valence-corrected chi connectivity index (χ0v) is 9.58. The Hall–Kier alpha value is -1.46. The Morgan fingerprint density at radius 3 is 3.12 bits per heavy atom. The smallest absolute Gasteiger partial charge is 0.0362 e. The van der Waals surface area contributed by atoms with E-state index in [2.05, 4.69) is 16.9 Å². The van der Waals surface area contributed by atoms with Crippen molar-refractivity contribution < 1.29 is 0 Å². The van der Waals surface area contributed by atoms with Crippen LogP contribution < -0.4 is 5.73 Å². The lowest BCUT2D eigenvalue weighted by atomic mass is 9.98. The lowest BCUT2D eigenvalue weighted by molar-refractivity contribution is 0.253. The lowest BCUT2D eigenvalue weighted by Crippen LogP contribution is -2.31. The molecule has 0 unspecified atom stereocenters. The zero-order chi connectivity index (χ0) is 11.4. The fraction of sp³-hybridized carbons (Fsp3) is 0.429. The van der Waals surface area contributed by atoms with Gasteiger partial charge in [-0.25, -0.2) is 0 Å². The second kappa shape index (κ2) is 5.05. The molecule has 1 aromatic carbocycles. The highest BCUT2D eigenvalue weighted by molar-refractivity contribution is 5.51. The maximum absolute atomic E-state index is 6.00. The van der Waals surface area contributed by atoms with Crippen molar-refractivity contribution in [2.24, 2.45) is 0 Å². The van der Waals surface area contributed by atoms with Gasteiger partial charge in [-0.15, -0.1) is 12.3 Å². The van der Waals surface area contributed by atoms with Crippen LogP contribution in [0.5, 0.6) is 0 Å². The second-order valence-electron chi connectivity index (χ2n) is 4.32. The van der Waals surface area contributed by atoms with Gasteiger partial charge in [0.05, 0.1) is 0 Å². The molecule has 0 radical (unpaired) electrons. The zero-order valence-electron chi connectivity index (χ0n) is 9.58. The molecule has 84 valence electrons. The Kier molecular flexibility index (Phi) is 3.48. The molecule has 1 aliphatic heterocycles. The first-order chi connectivity index (χ1) is 7.81. The lowest BCUT2D eigenvalue weighted by Gasteiger charge is -2.29. The molecular weight excluding hydrogens is 196 g/mol. The second-order valence-corrected chi connectivity index (χ2v) is 4.32. The quantitative estimate of drug-likeness (QED) is 0.474. The van der Waals surface area contributed by atoms with Gasteiger partial charge in [-0.2, -0.15) is 0 Å². The molecule has 0 bridgehead atoms. The molecule has 0 amide bonds. The summed E-state index contributed by atoms with van der Waals surface area (Å²) in [5.41, 5.74) is 9.65. The summed E-state index contributed by atoms with van der Waals surface area (Å²) in [7, 11) is 0. The number of nitrogen functional groups attached to an aromatic ring is 1. The first-order valence-corrected chi connectivity index (χ1v) is 5.83. The average molecular weight is 214 g/mol. The summed E-state index contributed by atoms with van der Waals surface area (Å²) < 4.78 is 0. The minimum atomic E-state index is 0.869. The number of hydrogen-bond acceptors (Lipinski definition) is 2. The number of nitrogens with two attached hydrogens (primary N) is 1. The van der Waals surface area contributed by atoms with Crippen LogP contribution >= 0.6 is 0 Å². The first kappa shape index (κ1) is 11.0. The average Bonchev–Trinajstić information content (AvgIpc) is 2.30. The van der Waals surface area contributed by atoms with Crippen LogP contribution in [-0.4, -0.2) is 18.0 Å². The summed E-state index contributed by atoms with van der Waals surface area (Å²) in [5.74, 6) is 2.69. The van der Waals surface area contributed by atoms with E-state index in [-0.39, 0.29) is 0 Å². The number of benzene rings is 1. The standard InChI is InChI=1S/C14H18N2/c1-2-3-4-9-16-10-8-12-6-5-7-14(15)13(12)11-16/h1,5-7H,3-4,8-11,15H2. The van der Waals surface area contributed by atoms with E-state index in [1.165, 1.54) is 11.1 Å². The third-order valence-corrected chi connectivity index (χ3v) is 3.18. The van der Waals surface area contributed by atoms with Crippen molar-refractivity contribution in [3.63, 3.8) is 0 Å². The van der Waals surface area contributed by atoms with Gasteiger partial charge in [-0.1, -0.05) is 12.1 Å². The van der Waals surface area contributed by atoms with Crippen LogP contribution in [0.4, 0.5) is 5.69 Å². The van der Waals surface area contributed by atoms with E-state index >= 15 is 0 Å². The normalized spacial score (nSPS) is 15.4. The van der Waals surface area contributed by atoms with E-state index in [4.69, 9.17) is 12.2 Å². The predicted octanol–water partition coefficient (Wildman–Crippen LogP) is 2.04. The van der Waals surface area contributed by atoms with Crippen molar-refractivity contribution in [2.45, 2.75) is 25.8 Å². The van der Waals surface area contributed by atoms with E-state index < -0.39 is 0 Å². The third-order valence-electron chi connectivity index (χ3n) is 3.18. The minimum absolute atomic E-state index is 0.869. The molecule has 0 fully saturated rings. The largest absolute Gasteiger partial charge is 0.398 e. The van der Waals surface area contributed by atoms with E-state index in [1.807, 2.05) is 12.1 Å². The predicted molar refractivity (Wildman–Crippen MR) is 67.9 cm³/mol. The molecule has 0 saturated carbocycles. The maximum atomic E-state index is 6.00.